The van der Waals surface area contributed by atoms with Crippen LogP contribution in [0, 0.1) is 6.92 Å². The third kappa shape index (κ3) is 3.91. The maximum atomic E-state index is 5.46. The normalized spacial score (nSPS) is 20.2. The number of hydrogen-bond acceptors (Lipinski definition) is 8. The first-order chi connectivity index (χ1) is 13.1. The fourth-order valence-electron chi connectivity index (χ4n) is 3.91. The van der Waals surface area contributed by atoms with Crippen LogP contribution in [0.3, 0.4) is 0 Å². The summed E-state index contributed by atoms with van der Waals surface area (Å²) in [5.74, 6) is 1.86. The quantitative estimate of drug-likeness (QED) is 0.803. The highest BCUT2D eigenvalue weighted by molar-refractivity contribution is 5.53. The Bertz CT molecular complexity index is 763. The van der Waals surface area contributed by atoms with Crippen LogP contribution >= 0.6 is 0 Å². The van der Waals surface area contributed by atoms with E-state index < -0.39 is 0 Å². The minimum absolute atomic E-state index is 0.435. The van der Waals surface area contributed by atoms with Crippen molar-refractivity contribution in [2.24, 2.45) is 0 Å². The summed E-state index contributed by atoms with van der Waals surface area (Å²) in [4.78, 5) is 16.2. The lowest BCUT2D eigenvalue weighted by molar-refractivity contribution is 0.0980. The van der Waals surface area contributed by atoms with E-state index in [0.717, 1.165) is 37.2 Å². The van der Waals surface area contributed by atoms with Gasteiger partial charge in [0.1, 0.15) is 11.4 Å². The number of rotatable bonds is 4. The zero-order valence-corrected chi connectivity index (χ0v) is 16.4. The van der Waals surface area contributed by atoms with Gasteiger partial charge in [0, 0.05) is 63.1 Å². The van der Waals surface area contributed by atoms with E-state index in [1.54, 1.807) is 13.3 Å². The number of aryl methyl sites for hydroxylation is 1. The molecule has 8 heteroatoms. The number of methoxy groups -OCH3 is 1. The van der Waals surface area contributed by atoms with Gasteiger partial charge >= 0.3 is 0 Å². The van der Waals surface area contributed by atoms with Crippen LogP contribution in [-0.4, -0.2) is 84.4 Å². The number of ether oxygens (including phenoxy) is 1. The van der Waals surface area contributed by atoms with Crippen molar-refractivity contribution >= 4 is 5.95 Å². The number of likely N-dealkylation sites (N-methyl/N-ethyl adjacent to an activating group) is 1. The topological polar surface area (TPSA) is 70.8 Å². The van der Waals surface area contributed by atoms with Gasteiger partial charge in [0.05, 0.1) is 7.11 Å². The molecule has 2 aromatic heterocycles. The minimum Gasteiger partial charge on any atom is -0.496 e. The molecule has 146 valence electrons. The van der Waals surface area contributed by atoms with Crippen molar-refractivity contribution in [3.63, 3.8) is 0 Å². The number of piperidine rings is 1. The van der Waals surface area contributed by atoms with E-state index in [2.05, 4.69) is 36.9 Å². The minimum atomic E-state index is 0.435. The summed E-state index contributed by atoms with van der Waals surface area (Å²) in [5, 5.41) is 4.18. The lowest BCUT2D eigenvalue weighted by atomic mass is 10.0. The van der Waals surface area contributed by atoms with Crippen LogP contribution in [0.2, 0.25) is 0 Å². The maximum Gasteiger partial charge on any atom is 0.278 e. The van der Waals surface area contributed by atoms with Gasteiger partial charge < -0.3 is 19.1 Å². The Morgan fingerprint density at radius 2 is 1.85 bits per heavy atom. The average Bonchev–Trinajstić information content (AvgIpc) is 3.19. The molecule has 0 atom stereocenters. The molecular weight excluding hydrogens is 344 g/mol. The Labute approximate surface area is 160 Å². The molecule has 4 heterocycles. The molecule has 0 aromatic carbocycles. The summed E-state index contributed by atoms with van der Waals surface area (Å²) < 4.78 is 10.8. The lowest BCUT2D eigenvalue weighted by Crippen LogP contribution is -2.52. The van der Waals surface area contributed by atoms with Crippen molar-refractivity contribution in [2.45, 2.75) is 25.8 Å². The van der Waals surface area contributed by atoms with Crippen molar-refractivity contribution in [2.75, 3.05) is 58.3 Å². The van der Waals surface area contributed by atoms with Crippen LogP contribution in [0.25, 0.3) is 11.6 Å². The van der Waals surface area contributed by atoms with Crippen molar-refractivity contribution in [1.82, 2.24) is 24.9 Å². The van der Waals surface area contributed by atoms with E-state index in [9.17, 15) is 0 Å². The molecule has 0 unspecified atom stereocenters. The molecule has 0 N–H and O–H groups in total. The first-order valence-corrected chi connectivity index (χ1v) is 9.66. The highest BCUT2D eigenvalue weighted by Crippen LogP contribution is 2.26. The molecule has 0 aliphatic carbocycles. The summed E-state index contributed by atoms with van der Waals surface area (Å²) in [5.41, 5.74) is 1.62. The van der Waals surface area contributed by atoms with Crippen LogP contribution in [0.1, 0.15) is 18.4 Å². The molecule has 0 saturated carbocycles. The Morgan fingerprint density at radius 3 is 2.56 bits per heavy atom. The summed E-state index contributed by atoms with van der Waals surface area (Å²) in [6.07, 6.45) is 4.05. The van der Waals surface area contributed by atoms with Gasteiger partial charge in [-0.1, -0.05) is 0 Å². The molecule has 2 aliphatic heterocycles. The molecule has 2 fully saturated rings. The van der Waals surface area contributed by atoms with Gasteiger partial charge in [-0.3, -0.25) is 9.88 Å². The van der Waals surface area contributed by atoms with Gasteiger partial charge in [0.15, 0.2) is 0 Å². The van der Waals surface area contributed by atoms with Crippen LogP contribution in [-0.2, 0) is 0 Å². The number of nitrogens with zero attached hydrogens (tertiary/aromatic N) is 6. The van der Waals surface area contributed by atoms with Crippen LogP contribution < -0.4 is 9.64 Å². The average molecular weight is 372 g/mol. The smallest absolute Gasteiger partial charge is 0.278 e. The van der Waals surface area contributed by atoms with Gasteiger partial charge in [-0.25, -0.2) is 0 Å². The number of aromatic nitrogens is 3. The second kappa shape index (κ2) is 7.82. The fraction of sp³-hybridized carbons (Fsp3) is 0.632. The third-order valence-electron chi connectivity index (χ3n) is 5.71. The Kier molecular flexibility index (Phi) is 5.27. The van der Waals surface area contributed by atoms with E-state index in [-0.39, 0.29) is 0 Å². The molecule has 2 saturated heterocycles. The van der Waals surface area contributed by atoms with Crippen LogP contribution in [0.15, 0.2) is 16.8 Å². The highest BCUT2D eigenvalue weighted by Gasteiger charge is 2.28. The van der Waals surface area contributed by atoms with Crippen molar-refractivity contribution < 1.29 is 9.26 Å². The molecule has 0 amide bonds. The van der Waals surface area contributed by atoms with Crippen molar-refractivity contribution in [3.8, 4) is 17.3 Å². The number of hydrogen-bond donors (Lipinski definition) is 0. The molecule has 27 heavy (non-hydrogen) atoms. The van der Waals surface area contributed by atoms with E-state index in [1.165, 1.54) is 26.2 Å². The van der Waals surface area contributed by atoms with E-state index in [4.69, 9.17) is 9.26 Å². The molecule has 4 rings (SSSR count). The predicted molar refractivity (Wildman–Crippen MR) is 103 cm³/mol. The molecule has 8 nitrogen and oxygen atoms in total. The van der Waals surface area contributed by atoms with Crippen molar-refractivity contribution in [3.05, 3.63) is 17.8 Å². The summed E-state index contributed by atoms with van der Waals surface area (Å²) in [6, 6.07) is 2.51. The first-order valence-electron chi connectivity index (χ1n) is 9.66. The maximum absolute atomic E-state index is 5.46. The third-order valence-corrected chi connectivity index (χ3v) is 5.71. The second-order valence-electron chi connectivity index (χ2n) is 7.50. The number of pyridine rings is 1. The number of anilines is 1. The van der Waals surface area contributed by atoms with E-state index in [1.807, 2.05) is 13.0 Å². The molecule has 2 aliphatic rings. The lowest BCUT2D eigenvalue weighted by Gasteiger charge is -2.41. The summed E-state index contributed by atoms with van der Waals surface area (Å²) >= 11 is 0. The van der Waals surface area contributed by atoms with Gasteiger partial charge in [-0.15, -0.1) is 0 Å². The second-order valence-corrected chi connectivity index (χ2v) is 7.50. The number of piperazine rings is 1. The molecule has 0 radical (unpaired) electrons. The standard InChI is InChI=1S/C19H28N6O2/c1-14-13-20-16(12-17(14)26-3)18-21-19(22-27-18)25-6-4-15(5-7-25)24-10-8-23(2)9-11-24/h12-13,15H,4-11H2,1-3H3. The molecule has 0 spiro atoms. The zero-order valence-electron chi connectivity index (χ0n) is 16.4. The van der Waals surface area contributed by atoms with Gasteiger partial charge in [-0.05, 0) is 32.0 Å². The predicted octanol–water partition coefficient (Wildman–Crippen LogP) is 1.66. The zero-order chi connectivity index (χ0) is 18.8. The van der Waals surface area contributed by atoms with Gasteiger partial charge in [0.2, 0.25) is 0 Å². The summed E-state index contributed by atoms with van der Waals surface area (Å²) in [7, 11) is 3.85. The SMILES string of the molecule is COc1cc(-c2nc(N3CCC(N4CCN(C)CC4)CC3)no2)ncc1C. The van der Waals surface area contributed by atoms with E-state index >= 15 is 0 Å². The van der Waals surface area contributed by atoms with Gasteiger partial charge in [-0.2, -0.15) is 4.98 Å². The first kappa shape index (κ1) is 18.2. The van der Waals surface area contributed by atoms with Crippen LogP contribution in [0.5, 0.6) is 5.75 Å². The Balaban J connectivity index is 1.38. The summed E-state index contributed by atoms with van der Waals surface area (Å²) in [6.45, 7) is 8.56. The van der Waals surface area contributed by atoms with Crippen molar-refractivity contribution in [1.29, 1.82) is 0 Å². The Hall–Kier alpha value is -2.19. The largest absolute Gasteiger partial charge is 0.496 e. The highest BCUT2D eigenvalue weighted by atomic mass is 16.5. The fourth-order valence-corrected chi connectivity index (χ4v) is 3.91. The van der Waals surface area contributed by atoms with Gasteiger partial charge in [0.25, 0.3) is 11.8 Å². The monoisotopic (exact) mass is 372 g/mol. The molecule has 0 bridgehead atoms. The Morgan fingerprint density at radius 1 is 1.11 bits per heavy atom. The van der Waals surface area contributed by atoms with E-state index in [0.29, 0.717) is 23.6 Å². The van der Waals surface area contributed by atoms with Crippen LogP contribution in [0.4, 0.5) is 5.95 Å². The molecular formula is C19H28N6O2. The molecule has 2 aromatic rings.